The first-order valence-corrected chi connectivity index (χ1v) is 8.08. The Kier molecular flexibility index (Phi) is 4.73. The minimum Gasteiger partial charge on any atom is -0.338 e. The molecule has 0 unspecified atom stereocenters. The Bertz CT molecular complexity index is 652. The molecular weight excluding hydrogens is 295 g/mol. The Hall–Kier alpha value is -1.79. The van der Waals surface area contributed by atoms with Crippen LogP contribution < -0.4 is 0 Å². The summed E-state index contributed by atoms with van der Waals surface area (Å²) in [6.45, 7) is 9.81. The van der Waals surface area contributed by atoms with Gasteiger partial charge in [0.05, 0.1) is 6.04 Å². The molecule has 1 saturated heterocycles. The summed E-state index contributed by atoms with van der Waals surface area (Å²) in [6, 6.07) is 7.22. The van der Waals surface area contributed by atoms with Gasteiger partial charge in [0.25, 0.3) is 0 Å². The van der Waals surface area contributed by atoms with Gasteiger partial charge in [0.1, 0.15) is 5.82 Å². The summed E-state index contributed by atoms with van der Waals surface area (Å²) in [5.41, 5.74) is 1.03. The average molecular weight is 318 g/mol. The molecule has 2 aromatic rings. The minimum absolute atomic E-state index is 0.128. The molecule has 0 bridgehead atoms. The van der Waals surface area contributed by atoms with E-state index in [0.29, 0.717) is 11.7 Å². The highest BCUT2D eigenvalue weighted by Crippen LogP contribution is 2.25. The van der Waals surface area contributed by atoms with Crippen molar-refractivity contribution in [2.24, 2.45) is 0 Å². The first kappa shape index (κ1) is 16.1. The normalized spacial score (nSPS) is 19.7. The molecule has 3 rings (SSSR count). The van der Waals surface area contributed by atoms with E-state index in [-0.39, 0.29) is 17.9 Å². The molecular formula is C17H23FN4O. The zero-order valence-electron chi connectivity index (χ0n) is 13.9. The van der Waals surface area contributed by atoms with Gasteiger partial charge in [0, 0.05) is 32.2 Å². The third-order valence-electron chi connectivity index (χ3n) is 4.68. The highest BCUT2D eigenvalue weighted by molar-refractivity contribution is 5.19. The molecule has 0 saturated carbocycles. The van der Waals surface area contributed by atoms with Gasteiger partial charge in [0.2, 0.25) is 5.89 Å². The van der Waals surface area contributed by atoms with E-state index in [1.807, 2.05) is 13.0 Å². The van der Waals surface area contributed by atoms with Crippen LogP contribution >= 0.6 is 0 Å². The highest BCUT2D eigenvalue weighted by atomic mass is 19.1. The highest BCUT2D eigenvalue weighted by Gasteiger charge is 2.27. The Morgan fingerprint density at radius 1 is 1.09 bits per heavy atom. The number of benzene rings is 1. The van der Waals surface area contributed by atoms with Crippen molar-refractivity contribution in [3.05, 3.63) is 47.4 Å². The summed E-state index contributed by atoms with van der Waals surface area (Å²) in [7, 11) is 0. The summed E-state index contributed by atoms with van der Waals surface area (Å²) in [4.78, 5) is 9.06. The molecule has 1 fully saturated rings. The monoisotopic (exact) mass is 318 g/mol. The van der Waals surface area contributed by atoms with Gasteiger partial charge >= 0.3 is 0 Å². The number of piperazine rings is 1. The fourth-order valence-corrected chi connectivity index (χ4v) is 3.13. The van der Waals surface area contributed by atoms with E-state index >= 15 is 0 Å². The molecule has 2 atom stereocenters. The molecule has 23 heavy (non-hydrogen) atoms. The Labute approximate surface area is 136 Å². The maximum atomic E-state index is 13.4. The zero-order chi connectivity index (χ0) is 16.4. The minimum atomic E-state index is -0.173. The van der Waals surface area contributed by atoms with Crippen molar-refractivity contribution in [1.29, 1.82) is 0 Å². The van der Waals surface area contributed by atoms with Gasteiger partial charge in [0.15, 0.2) is 5.82 Å². The van der Waals surface area contributed by atoms with Crippen LogP contribution in [0.3, 0.4) is 0 Å². The smallest absolute Gasteiger partial charge is 0.243 e. The number of rotatable bonds is 4. The maximum absolute atomic E-state index is 13.4. The van der Waals surface area contributed by atoms with Gasteiger partial charge in [-0.15, -0.1) is 0 Å². The SMILES string of the molecule is Cc1noc([C@@H](C)N2CCN([C@H](C)c3cccc(F)c3)CC2)n1. The summed E-state index contributed by atoms with van der Waals surface area (Å²) < 4.78 is 18.7. The van der Waals surface area contributed by atoms with E-state index in [4.69, 9.17) is 4.52 Å². The van der Waals surface area contributed by atoms with E-state index < -0.39 is 0 Å². The molecule has 1 aliphatic rings. The molecule has 0 spiro atoms. The van der Waals surface area contributed by atoms with E-state index in [2.05, 4.69) is 33.8 Å². The summed E-state index contributed by atoms with van der Waals surface area (Å²) in [6.07, 6.45) is 0. The van der Waals surface area contributed by atoms with Gasteiger partial charge in [-0.25, -0.2) is 4.39 Å². The molecule has 0 N–H and O–H groups in total. The molecule has 6 heteroatoms. The van der Waals surface area contributed by atoms with Crippen LogP contribution in [0.1, 0.15) is 43.2 Å². The lowest BCUT2D eigenvalue weighted by atomic mass is 10.1. The zero-order valence-corrected chi connectivity index (χ0v) is 13.9. The van der Waals surface area contributed by atoms with Crippen LogP contribution in [0.4, 0.5) is 4.39 Å². The molecule has 0 amide bonds. The molecule has 1 aromatic heterocycles. The van der Waals surface area contributed by atoms with Crippen LogP contribution in [0.5, 0.6) is 0 Å². The molecule has 1 aromatic carbocycles. The molecule has 5 nitrogen and oxygen atoms in total. The number of nitrogens with zero attached hydrogens (tertiary/aromatic N) is 4. The van der Waals surface area contributed by atoms with E-state index in [9.17, 15) is 4.39 Å². The largest absolute Gasteiger partial charge is 0.338 e. The van der Waals surface area contributed by atoms with Gasteiger partial charge in [-0.3, -0.25) is 9.80 Å². The molecule has 0 radical (unpaired) electrons. The second kappa shape index (κ2) is 6.76. The van der Waals surface area contributed by atoms with Crippen molar-refractivity contribution in [2.75, 3.05) is 26.2 Å². The first-order chi connectivity index (χ1) is 11.0. The van der Waals surface area contributed by atoms with Crippen molar-refractivity contribution in [2.45, 2.75) is 32.9 Å². The second-order valence-electron chi connectivity index (χ2n) is 6.16. The van der Waals surface area contributed by atoms with Crippen molar-refractivity contribution < 1.29 is 8.91 Å². The number of aryl methyl sites for hydroxylation is 1. The quantitative estimate of drug-likeness (QED) is 0.867. The van der Waals surface area contributed by atoms with Crippen molar-refractivity contribution in [3.63, 3.8) is 0 Å². The standard InChI is InChI=1S/C17H23FN4O/c1-12(15-5-4-6-16(18)11-15)21-7-9-22(10-8-21)13(2)17-19-14(3)20-23-17/h4-6,11-13H,7-10H2,1-3H3/t12-,13-/m1/s1. The average Bonchev–Trinajstić information content (AvgIpc) is 3.00. The lowest BCUT2D eigenvalue weighted by molar-refractivity contribution is 0.0677. The number of aromatic nitrogens is 2. The van der Waals surface area contributed by atoms with E-state index in [1.165, 1.54) is 6.07 Å². The predicted octanol–water partition coefficient (Wildman–Crippen LogP) is 2.96. The molecule has 0 aliphatic carbocycles. The predicted molar refractivity (Wildman–Crippen MR) is 85.4 cm³/mol. The maximum Gasteiger partial charge on any atom is 0.243 e. The van der Waals surface area contributed by atoms with Crippen LogP contribution in [-0.2, 0) is 0 Å². The molecule has 2 heterocycles. The third-order valence-corrected chi connectivity index (χ3v) is 4.68. The fraction of sp³-hybridized carbons (Fsp3) is 0.529. The second-order valence-corrected chi connectivity index (χ2v) is 6.16. The lowest BCUT2D eigenvalue weighted by Crippen LogP contribution is -2.47. The fourth-order valence-electron chi connectivity index (χ4n) is 3.13. The van der Waals surface area contributed by atoms with Crippen LogP contribution in [0.25, 0.3) is 0 Å². The van der Waals surface area contributed by atoms with Gasteiger partial charge < -0.3 is 4.52 Å². The summed E-state index contributed by atoms with van der Waals surface area (Å²) in [5, 5.41) is 3.86. The number of halogens is 1. The summed E-state index contributed by atoms with van der Waals surface area (Å²) in [5.74, 6) is 1.17. The summed E-state index contributed by atoms with van der Waals surface area (Å²) >= 11 is 0. The van der Waals surface area contributed by atoms with Crippen molar-refractivity contribution >= 4 is 0 Å². The van der Waals surface area contributed by atoms with Crippen LogP contribution in [0.2, 0.25) is 0 Å². The van der Waals surface area contributed by atoms with E-state index in [0.717, 1.165) is 31.7 Å². The van der Waals surface area contributed by atoms with Crippen molar-refractivity contribution in [1.82, 2.24) is 19.9 Å². The van der Waals surface area contributed by atoms with Crippen LogP contribution in [0.15, 0.2) is 28.8 Å². The topological polar surface area (TPSA) is 45.4 Å². The van der Waals surface area contributed by atoms with Crippen LogP contribution in [-0.4, -0.2) is 46.1 Å². The lowest BCUT2D eigenvalue weighted by Gasteiger charge is -2.39. The van der Waals surface area contributed by atoms with E-state index in [1.54, 1.807) is 12.1 Å². The number of hydrogen-bond acceptors (Lipinski definition) is 5. The Morgan fingerprint density at radius 2 is 1.74 bits per heavy atom. The molecule has 124 valence electrons. The van der Waals surface area contributed by atoms with Gasteiger partial charge in [-0.2, -0.15) is 4.98 Å². The first-order valence-electron chi connectivity index (χ1n) is 8.08. The Balaban J connectivity index is 1.59. The van der Waals surface area contributed by atoms with Gasteiger partial charge in [-0.1, -0.05) is 17.3 Å². The van der Waals surface area contributed by atoms with Crippen LogP contribution in [0, 0.1) is 12.7 Å². The van der Waals surface area contributed by atoms with Crippen molar-refractivity contribution in [3.8, 4) is 0 Å². The van der Waals surface area contributed by atoms with Gasteiger partial charge in [-0.05, 0) is 38.5 Å². The molecule has 1 aliphatic heterocycles. The Morgan fingerprint density at radius 3 is 2.30 bits per heavy atom. The third kappa shape index (κ3) is 3.59. The number of hydrogen-bond donors (Lipinski definition) is 0.